The van der Waals surface area contributed by atoms with Crippen molar-refractivity contribution in [3.8, 4) is 0 Å². The Labute approximate surface area is 107 Å². The van der Waals surface area contributed by atoms with Crippen LogP contribution in [-0.4, -0.2) is 23.5 Å². The maximum absolute atomic E-state index is 12.2. The normalized spacial score (nSPS) is 10.2. The van der Waals surface area contributed by atoms with E-state index in [1.165, 1.54) is 4.90 Å². The van der Waals surface area contributed by atoms with Crippen molar-refractivity contribution in [2.24, 2.45) is 5.92 Å². The molecule has 0 aliphatic heterocycles. The maximum Gasteiger partial charge on any atom is 0.323 e. The lowest BCUT2D eigenvalue weighted by atomic mass is 10.0. The van der Waals surface area contributed by atoms with Gasteiger partial charge in [-0.3, -0.25) is 14.5 Å². The molecule has 0 fully saturated rings. The van der Waals surface area contributed by atoms with Gasteiger partial charge in [0.15, 0.2) is 0 Å². The third-order valence-electron chi connectivity index (χ3n) is 2.58. The number of amides is 1. The van der Waals surface area contributed by atoms with Crippen molar-refractivity contribution in [3.63, 3.8) is 0 Å². The zero-order valence-electron chi connectivity index (χ0n) is 10.6. The van der Waals surface area contributed by atoms with E-state index in [4.69, 9.17) is 5.11 Å². The Morgan fingerprint density at radius 2 is 1.83 bits per heavy atom. The van der Waals surface area contributed by atoms with Gasteiger partial charge in [0.1, 0.15) is 6.54 Å². The second-order valence-corrected chi connectivity index (χ2v) is 4.30. The fourth-order valence-electron chi connectivity index (χ4n) is 1.44. The first-order valence-electron chi connectivity index (χ1n) is 5.71. The van der Waals surface area contributed by atoms with Gasteiger partial charge in [0, 0.05) is 11.3 Å². The summed E-state index contributed by atoms with van der Waals surface area (Å²) >= 11 is 0. The summed E-state index contributed by atoms with van der Waals surface area (Å²) in [7, 11) is 0. The molecule has 0 spiro atoms. The number of hydrogen-bond donors (Lipinski definition) is 1. The Morgan fingerprint density at radius 1 is 1.28 bits per heavy atom. The van der Waals surface area contributed by atoms with Crippen LogP contribution < -0.4 is 4.90 Å². The highest BCUT2D eigenvalue weighted by molar-refractivity contribution is 6.07. The molecule has 96 valence electrons. The van der Waals surface area contributed by atoms with Crippen LogP contribution in [0.25, 0.3) is 0 Å². The summed E-state index contributed by atoms with van der Waals surface area (Å²) < 4.78 is 0. The molecule has 18 heavy (non-hydrogen) atoms. The molecule has 0 aliphatic rings. The van der Waals surface area contributed by atoms with Gasteiger partial charge in [0.05, 0.1) is 0 Å². The van der Waals surface area contributed by atoms with E-state index >= 15 is 0 Å². The lowest BCUT2D eigenvalue weighted by Crippen LogP contribution is -2.37. The van der Waals surface area contributed by atoms with Crippen LogP contribution in [0.15, 0.2) is 42.5 Å². The third-order valence-corrected chi connectivity index (χ3v) is 2.58. The Bertz CT molecular complexity index is 451. The van der Waals surface area contributed by atoms with E-state index in [9.17, 15) is 9.59 Å². The van der Waals surface area contributed by atoms with Crippen LogP contribution in [0.1, 0.15) is 13.8 Å². The SMILES string of the molecule is C=C(C(=O)N(CC(=O)O)c1ccccc1)C(C)C. The molecule has 1 N–H and O–H groups in total. The van der Waals surface area contributed by atoms with Crippen molar-refractivity contribution in [1.29, 1.82) is 0 Å². The lowest BCUT2D eigenvalue weighted by Gasteiger charge is -2.23. The second-order valence-electron chi connectivity index (χ2n) is 4.30. The lowest BCUT2D eigenvalue weighted by molar-refractivity contribution is -0.136. The first kappa shape index (κ1) is 14.0. The number of carbonyl (C=O) groups is 2. The summed E-state index contributed by atoms with van der Waals surface area (Å²) in [6, 6.07) is 8.73. The standard InChI is InChI=1S/C14H17NO3/c1-10(2)11(3)14(18)15(9-13(16)17)12-7-5-4-6-8-12/h4-8,10H,3,9H2,1-2H3,(H,16,17). The van der Waals surface area contributed by atoms with E-state index in [-0.39, 0.29) is 18.4 Å². The van der Waals surface area contributed by atoms with Gasteiger partial charge in [-0.25, -0.2) is 0 Å². The van der Waals surface area contributed by atoms with Gasteiger partial charge >= 0.3 is 5.97 Å². The quantitative estimate of drug-likeness (QED) is 0.812. The fraction of sp³-hybridized carbons (Fsp3) is 0.286. The van der Waals surface area contributed by atoms with Gasteiger partial charge in [-0.15, -0.1) is 0 Å². The average Bonchev–Trinajstić information content (AvgIpc) is 2.35. The molecule has 0 unspecified atom stereocenters. The number of hydrogen-bond acceptors (Lipinski definition) is 2. The van der Waals surface area contributed by atoms with Crippen LogP contribution in [-0.2, 0) is 9.59 Å². The summed E-state index contributed by atoms with van der Waals surface area (Å²) in [4.78, 5) is 24.3. The number of aliphatic carboxylic acids is 1. The molecule has 0 saturated carbocycles. The van der Waals surface area contributed by atoms with Crippen LogP contribution in [0.5, 0.6) is 0 Å². The molecule has 0 aromatic heterocycles. The summed E-state index contributed by atoms with van der Waals surface area (Å²) in [5.41, 5.74) is 0.965. The number of anilines is 1. The van der Waals surface area contributed by atoms with Gasteiger partial charge < -0.3 is 5.11 Å². The number of carboxylic acid groups (broad SMARTS) is 1. The van der Waals surface area contributed by atoms with Crippen LogP contribution in [0.2, 0.25) is 0 Å². The van der Waals surface area contributed by atoms with Crippen molar-refractivity contribution >= 4 is 17.6 Å². The monoisotopic (exact) mass is 247 g/mol. The Balaban J connectivity index is 3.03. The van der Waals surface area contributed by atoms with Crippen LogP contribution in [0.3, 0.4) is 0 Å². The molecule has 0 aliphatic carbocycles. The largest absolute Gasteiger partial charge is 0.480 e. The van der Waals surface area contributed by atoms with E-state index in [1.807, 2.05) is 19.9 Å². The molecule has 0 bridgehead atoms. The molecule has 1 aromatic carbocycles. The van der Waals surface area contributed by atoms with Crippen LogP contribution in [0.4, 0.5) is 5.69 Å². The van der Waals surface area contributed by atoms with Crippen molar-refractivity contribution in [2.45, 2.75) is 13.8 Å². The summed E-state index contributed by atoms with van der Waals surface area (Å²) in [6.07, 6.45) is 0. The molecule has 1 aromatic rings. The number of carboxylic acids is 1. The third kappa shape index (κ3) is 3.45. The summed E-state index contributed by atoms with van der Waals surface area (Å²) in [5, 5.41) is 8.89. The molecule has 1 amide bonds. The smallest absolute Gasteiger partial charge is 0.323 e. The molecular formula is C14H17NO3. The Hall–Kier alpha value is -2.10. The number of para-hydroxylation sites is 1. The van der Waals surface area contributed by atoms with Gasteiger partial charge in [-0.05, 0) is 18.1 Å². The number of rotatable bonds is 5. The Kier molecular flexibility index (Phi) is 4.66. The summed E-state index contributed by atoms with van der Waals surface area (Å²) in [5.74, 6) is -1.42. The van der Waals surface area contributed by atoms with E-state index in [0.29, 0.717) is 11.3 Å². The van der Waals surface area contributed by atoms with Crippen molar-refractivity contribution < 1.29 is 14.7 Å². The molecule has 0 radical (unpaired) electrons. The van der Waals surface area contributed by atoms with E-state index in [0.717, 1.165) is 0 Å². The molecule has 0 atom stereocenters. The topological polar surface area (TPSA) is 57.6 Å². The van der Waals surface area contributed by atoms with Crippen molar-refractivity contribution in [3.05, 3.63) is 42.5 Å². The predicted octanol–water partition coefficient (Wildman–Crippen LogP) is 2.32. The number of benzene rings is 1. The molecular weight excluding hydrogens is 230 g/mol. The Morgan fingerprint density at radius 3 is 2.28 bits per heavy atom. The van der Waals surface area contributed by atoms with Crippen LogP contribution >= 0.6 is 0 Å². The van der Waals surface area contributed by atoms with Crippen molar-refractivity contribution in [1.82, 2.24) is 0 Å². The van der Waals surface area contributed by atoms with E-state index in [1.54, 1.807) is 24.3 Å². The zero-order valence-corrected chi connectivity index (χ0v) is 10.6. The minimum absolute atomic E-state index is 0.0162. The molecule has 0 heterocycles. The van der Waals surface area contributed by atoms with E-state index in [2.05, 4.69) is 6.58 Å². The molecule has 1 rings (SSSR count). The van der Waals surface area contributed by atoms with Gasteiger partial charge in [-0.1, -0.05) is 38.6 Å². The zero-order chi connectivity index (χ0) is 13.7. The highest BCUT2D eigenvalue weighted by atomic mass is 16.4. The molecule has 4 nitrogen and oxygen atoms in total. The number of carbonyl (C=O) groups excluding carboxylic acids is 1. The van der Waals surface area contributed by atoms with Gasteiger partial charge in [0.2, 0.25) is 0 Å². The van der Waals surface area contributed by atoms with E-state index < -0.39 is 5.97 Å². The van der Waals surface area contributed by atoms with Gasteiger partial charge in [0.25, 0.3) is 5.91 Å². The fourth-order valence-corrected chi connectivity index (χ4v) is 1.44. The average molecular weight is 247 g/mol. The highest BCUT2D eigenvalue weighted by Crippen LogP contribution is 2.18. The number of nitrogens with zero attached hydrogens (tertiary/aromatic N) is 1. The second kappa shape index (κ2) is 6.00. The van der Waals surface area contributed by atoms with Crippen LogP contribution in [0, 0.1) is 5.92 Å². The predicted molar refractivity (Wildman–Crippen MR) is 70.4 cm³/mol. The first-order chi connectivity index (χ1) is 8.43. The summed E-state index contributed by atoms with van der Waals surface area (Å²) in [6.45, 7) is 7.06. The maximum atomic E-state index is 12.2. The van der Waals surface area contributed by atoms with Gasteiger partial charge in [-0.2, -0.15) is 0 Å². The molecule has 0 saturated heterocycles. The molecule has 4 heteroatoms. The van der Waals surface area contributed by atoms with Crippen molar-refractivity contribution in [2.75, 3.05) is 11.4 Å². The highest BCUT2D eigenvalue weighted by Gasteiger charge is 2.22. The minimum Gasteiger partial charge on any atom is -0.480 e. The minimum atomic E-state index is -1.05. The first-order valence-corrected chi connectivity index (χ1v) is 5.71.